The Hall–Kier alpha value is -3.38. The summed E-state index contributed by atoms with van der Waals surface area (Å²) in [5, 5.41) is 14.6. The van der Waals surface area contributed by atoms with E-state index in [2.05, 4.69) is 5.32 Å². The zero-order chi connectivity index (χ0) is 25.3. The topological polar surface area (TPSA) is 111 Å². The third-order valence-electron chi connectivity index (χ3n) is 4.88. The molecule has 0 unspecified atom stereocenters. The van der Waals surface area contributed by atoms with E-state index in [1.54, 1.807) is 13.8 Å². The number of benzene rings is 2. The van der Waals surface area contributed by atoms with Crippen LogP contribution in [0.3, 0.4) is 0 Å². The molecule has 0 aliphatic carbocycles. The van der Waals surface area contributed by atoms with Crippen LogP contribution in [0.1, 0.15) is 29.8 Å². The first-order chi connectivity index (χ1) is 15.8. The number of halogens is 4. The molecule has 0 saturated carbocycles. The minimum absolute atomic E-state index is 0.0269. The van der Waals surface area contributed by atoms with Crippen LogP contribution in [-0.2, 0) is 15.8 Å². The fraction of sp³-hybridized carbons (Fsp3) is 0.333. The molecule has 1 aliphatic heterocycles. The van der Waals surface area contributed by atoms with Gasteiger partial charge >= 0.3 is 6.18 Å². The third kappa shape index (κ3) is 5.57. The molecular weight excluding hydrogens is 483 g/mol. The van der Waals surface area contributed by atoms with Crippen LogP contribution in [0.5, 0.6) is 11.5 Å². The Labute approximate surface area is 196 Å². The highest BCUT2D eigenvalue weighted by atomic mass is 35.5. The lowest BCUT2D eigenvalue weighted by Gasteiger charge is -2.16. The SMILES string of the molecule is CC1(C)CON(CCNC(=O)c2cc(Oc3ccc(C(F)(F)F)cc3Cl)ccc2[N+](=O)[O-])C1=O. The van der Waals surface area contributed by atoms with E-state index in [1.807, 2.05) is 0 Å². The van der Waals surface area contributed by atoms with Crippen LogP contribution >= 0.6 is 11.6 Å². The van der Waals surface area contributed by atoms with E-state index in [1.165, 1.54) is 6.07 Å². The summed E-state index contributed by atoms with van der Waals surface area (Å²) in [5.41, 5.74) is -2.52. The second-order valence-electron chi connectivity index (χ2n) is 8.00. The van der Waals surface area contributed by atoms with Gasteiger partial charge < -0.3 is 10.1 Å². The Balaban J connectivity index is 1.74. The number of nitrogens with zero attached hydrogens (tertiary/aromatic N) is 2. The molecule has 1 aliphatic rings. The van der Waals surface area contributed by atoms with E-state index < -0.39 is 33.7 Å². The van der Waals surface area contributed by atoms with Crippen molar-refractivity contribution in [3.8, 4) is 11.5 Å². The van der Waals surface area contributed by atoms with E-state index >= 15 is 0 Å². The molecule has 0 radical (unpaired) electrons. The van der Waals surface area contributed by atoms with Crippen molar-refractivity contribution in [2.75, 3.05) is 19.7 Å². The zero-order valence-electron chi connectivity index (χ0n) is 17.9. The van der Waals surface area contributed by atoms with Gasteiger partial charge in [-0.25, -0.2) is 5.06 Å². The molecule has 3 rings (SSSR count). The van der Waals surface area contributed by atoms with E-state index in [-0.39, 0.29) is 47.7 Å². The Morgan fingerprint density at radius 1 is 1.29 bits per heavy atom. The number of hydroxylamine groups is 2. The summed E-state index contributed by atoms with van der Waals surface area (Å²) in [6.07, 6.45) is -4.60. The van der Waals surface area contributed by atoms with E-state index in [0.29, 0.717) is 6.07 Å². The van der Waals surface area contributed by atoms with Crippen LogP contribution in [0, 0.1) is 15.5 Å². The normalized spacial score (nSPS) is 15.4. The first kappa shape index (κ1) is 25.2. The number of hydrogen-bond donors (Lipinski definition) is 1. The van der Waals surface area contributed by atoms with Crippen molar-refractivity contribution in [2.24, 2.45) is 5.41 Å². The van der Waals surface area contributed by atoms with Gasteiger partial charge in [-0.2, -0.15) is 13.2 Å². The van der Waals surface area contributed by atoms with Gasteiger partial charge in [-0.05, 0) is 38.1 Å². The number of carbonyl (C=O) groups is 2. The maximum absolute atomic E-state index is 12.8. The molecule has 0 bridgehead atoms. The van der Waals surface area contributed by atoms with Crippen molar-refractivity contribution in [1.29, 1.82) is 0 Å². The maximum Gasteiger partial charge on any atom is 0.416 e. The van der Waals surface area contributed by atoms with Gasteiger partial charge in [0.1, 0.15) is 17.1 Å². The summed E-state index contributed by atoms with van der Waals surface area (Å²) in [6, 6.07) is 5.73. The van der Waals surface area contributed by atoms with Gasteiger partial charge in [0.15, 0.2) is 0 Å². The average molecular weight is 502 g/mol. The van der Waals surface area contributed by atoms with Crippen molar-refractivity contribution >= 4 is 29.1 Å². The molecular formula is C21H19ClF3N3O6. The Morgan fingerprint density at radius 3 is 2.56 bits per heavy atom. The van der Waals surface area contributed by atoms with Gasteiger partial charge in [-0.1, -0.05) is 11.6 Å². The quantitative estimate of drug-likeness (QED) is 0.439. The van der Waals surface area contributed by atoms with Crippen LogP contribution < -0.4 is 10.1 Å². The lowest BCUT2D eigenvalue weighted by Crippen LogP contribution is -2.37. The van der Waals surface area contributed by atoms with Crippen molar-refractivity contribution in [3.05, 3.63) is 62.7 Å². The number of hydrogen-bond acceptors (Lipinski definition) is 6. The molecule has 1 N–H and O–H groups in total. The van der Waals surface area contributed by atoms with Crippen molar-refractivity contribution in [1.82, 2.24) is 10.4 Å². The van der Waals surface area contributed by atoms with Crippen LogP contribution in [0.4, 0.5) is 18.9 Å². The lowest BCUT2D eigenvalue weighted by molar-refractivity contribution is -0.385. The fourth-order valence-electron chi connectivity index (χ4n) is 3.04. The molecule has 13 heteroatoms. The van der Waals surface area contributed by atoms with Crippen LogP contribution in [0.25, 0.3) is 0 Å². The van der Waals surface area contributed by atoms with Gasteiger partial charge in [0.05, 0.1) is 34.1 Å². The number of nitro groups is 1. The number of ether oxygens (including phenoxy) is 1. The molecule has 1 fully saturated rings. The molecule has 1 heterocycles. The minimum Gasteiger partial charge on any atom is -0.456 e. The molecule has 2 aromatic carbocycles. The highest BCUT2D eigenvalue weighted by Gasteiger charge is 2.40. The standard InChI is InChI=1S/C21H19ClF3N3O6/c1-20(2)11-33-27(19(20)30)8-7-26-18(29)14-10-13(4-5-16(14)28(31)32)34-17-6-3-12(9-15(17)22)21(23,24)25/h3-6,9-10H,7-8,11H2,1-2H3,(H,26,29). The third-order valence-corrected chi connectivity index (χ3v) is 5.18. The van der Waals surface area contributed by atoms with E-state index in [0.717, 1.165) is 29.3 Å². The number of carbonyl (C=O) groups excluding carboxylic acids is 2. The van der Waals surface area contributed by atoms with Gasteiger partial charge in [0, 0.05) is 18.7 Å². The predicted molar refractivity (Wildman–Crippen MR) is 113 cm³/mol. The Morgan fingerprint density at radius 2 is 2.00 bits per heavy atom. The van der Waals surface area contributed by atoms with Crippen molar-refractivity contribution < 1.29 is 37.3 Å². The summed E-state index contributed by atoms with van der Waals surface area (Å²) in [5.74, 6) is -1.27. The summed E-state index contributed by atoms with van der Waals surface area (Å²) in [4.78, 5) is 40.6. The Kier molecular flexibility index (Phi) is 7.03. The molecule has 1 saturated heterocycles. The molecule has 0 aromatic heterocycles. The van der Waals surface area contributed by atoms with Crippen LogP contribution in [0.2, 0.25) is 5.02 Å². The van der Waals surface area contributed by atoms with Crippen molar-refractivity contribution in [2.45, 2.75) is 20.0 Å². The van der Waals surface area contributed by atoms with Crippen molar-refractivity contribution in [3.63, 3.8) is 0 Å². The van der Waals surface area contributed by atoms with Gasteiger partial charge in [-0.3, -0.25) is 24.5 Å². The fourth-order valence-corrected chi connectivity index (χ4v) is 3.26. The lowest BCUT2D eigenvalue weighted by atomic mass is 9.95. The molecule has 2 aromatic rings. The highest BCUT2D eigenvalue weighted by Crippen LogP contribution is 2.37. The smallest absolute Gasteiger partial charge is 0.416 e. The summed E-state index contributed by atoms with van der Waals surface area (Å²) in [6.45, 7) is 3.60. The van der Waals surface area contributed by atoms with Gasteiger partial charge in [0.2, 0.25) is 0 Å². The number of amides is 2. The number of rotatable bonds is 7. The van der Waals surface area contributed by atoms with E-state index in [9.17, 15) is 32.9 Å². The molecule has 9 nitrogen and oxygen atoms in total. The minimum atomic E-state index is -4.60. The second-order valence-corrected chi connectivity index (χ2v) is 8.41. The molecule has 2 amide bonds. The number of nitrogens with one attached hydrogen (secondary N) is 1. The summed E-state index contributed by atoms with van der Waals surface area (Å²) >= 11 is 5.88. The highest BCUT2D eigenvalue weighted by molar-refractivity contribution is 6.32. The monoisotopic (exact) mass is 501 g/mol. The number of alkyl halides is 3. The maximum atomic E-state index is 12.8. The summed E-state index contributed by atoms with van der Waals surface area (Å²) < 4.78 is 43.9. The average Bonchev–Trinajstić information content (AvgIpc) is 3.01. The summed E-state index contributed by atoms with van der Waals surface area (Å²) in [7, 11) is 0. The molecule has 0 spiro atoms. The predicted octanol–water partition coefficient (Wildman–Crippen LogP) is 4.59. The van der Waals surface area contributed by atoms with Crippen LogP contribution in [-0.4, -0.2) is 41.5 Å². The van der Waals surface area contributed by atoms with Gasteiger partial charge in [-0.15, -0.1) is 0 Å². The first-order valence-electron chi connectivity index (χ1n) is 9.86. The zero-order valence-corrected chi connectivity index (χ0v) is 18.7. The van der Waals surface area contributed by atoms with E-state index in [4.69, 9.17) is 21.2 Å². The first-order valence-corrected chi connectivity index (χ1v) is 10.2. The molecule has 34 heavy (non-hydrogen) atoms. The molecule has 0 atom stereocenters. The Bertz CT molecular complexity index is 1140. The number of nitro benzene ring substituents is 1. The second kappa shape index (κ2) is 9.47. The van der Waals surface area contributed by atoms with Crippen LogP contribution in [0.15, 0.2) is 36.4 Å². The van der Waals surface area contributed by atoms with Gasteiger partial charge in [0.25, 0.3) is 17.5 Å². The largest absolute Gasteiger partial charge is 0.456 e. The molecule has 182 valence electrons.